The molecule has 2 amide bonds. The largest absolute Gasteiger partial charge is 0.381 e. The van der Waals surface area contributed by atoms with Crippen molar-refractivity contribution in [2.75, 3.05) is 50.8 Å². The summed E-state index contributed by atoms with van der Waals surface area (Å²) in [5.41, 5.74) is 0.842. The van der Waals surface area contributed by atoms with E-state index in [2.05, 4.69) is 19.2 Å². The van der Waals surface area contributed by atoms with Crippen molar-refractivity contribution in [1.29, 1.82) is 0 Å². The fourth-order valence-corrected chi connectivity index (χ4v) is 2.93. The minimum Gasteiger partial charge on any atom is -0.381 e. The van der Waals surface area contributed by atoms with Crippen molar-refractivity contribution in [3.8, 4) is 0 Å². The molecule has 0 aliphatic carbocycles. The summed E-state index contributed by atoms with van der Waals surface area (Å²) < 4.78 is 19.8. The lowest BCUT2D eigenvalue weighted by Crippen LogP contribution is -2.52. The van der Waals surface area contributed by atoms with Gasteiger partial charge in [-0.25, -0.2) is 9.18 Å². The van der Waals surface area contributed by atoms with Crippen molar-refractivity contribution in [2.45, 2.75) is 27.2 Å². The number of urea groups is 1. The van der Waals surface area contributed by atoms with Crippen LogP contribution in [0.1, 0.15) is 37.6 Å². The van der Waals surface area contributed by atoms with E-state index in [4.69, 9.17) is 4.74 Å². The lowest BCUT2D eigenvalue weighted by molar-refractivity contribution is 0.101. The highest BCUT2D eigenvalue weighted by Gasteiger charge is 2.22. The molecule has 0 radical (unpaired) electrons. The topological polar surface area (TPSA) is 61.9 Å². The maximum absolute atomic E-state index is 14.3. The summed E-state index contributed by atoms with van der Waals surface area (Å²) in [6.45, 7) is 9.76. The smallest absolute Gasteiger partial charge is 0.317 e. The van der Waals surface area contributed by atoms with E-state index in [0.717, 1.165) is 13.0 Å². The van der Waals surface area contributed by atoms with E-state index in [-0.39, 0.29) is 11.8 Å². The van der Waals surface area contributed by atoms with Gasteiger partial charge in [0.2, 0.25) is 0 Å². The monoisotopic (exact) mass is 379 g/mol. The van der Waals surface area contributed by atoms with Crippen LogP contribution in [0.3, 0.4) is 0 Å². The van der Waals surface area contributed by atoms with Gasteiger partial charge in [-0.05, 0) is 37.5 Å². The van der Waals surface area contributed by atoms with Crippen molar-refractivity contribution >= 4 is 17.5 Å². The van der Waals surface area contributed by atoms with Crippen LogP contribution in [-0.2, 0) is 4.74 Å². The molecule has 7 heteroatoms. The molecule has 6 nitrogen and oxygen atoms in total. The predicted molar refractivity (Wildman–Crippen MR) is 104 cm³/mol. The second-order valence-electron chi connectivity index (χ2n) is 7.25. The van der Waals surface area contributed by atoms with E-state index >= 15 is 0 Å². The molecule has 1 saturated heterocycles. The van der Waals surface area contributed by atoms with Gasteiger partial charge in [-0.15, -0.1) is 0 Å². The number of halogens is 1. The first-order valence-corrected chi connectivity index (χ1v) is 9.54. The van der Waals surface area contributed by atoms with Gasteiger partial charge in [0.25, 0.3) is 0 Å². The van der Waals surface area contributed by atoms with E-state index in [1.807, 2.05) is 4.90 Å². The van der Waals surface area contributed by atoms with Gasteiger partial charge in [-0.1, -0.05) is 13.8 Å². The number of anilines is 1. The minimum absolute atomic E-state index is 0.0918. The number of nitrogens with one attached hydrogen (secondary N) is 1. The average molecular weight is 379 g/mol. The molecule has 1 aliphatic heterocycles. The zero-order valence-corrected chi connectivity index (χ0v) is 16.5. The Bertz CT molecular complexity index is 643. The van der Waals surface area contributed by atoms with Gasteiger partial charge in [-0.3, -0.25) is 4.79 Å². The van der Waals surface area contributed by atoms with Gasteiger partial charge in [0.15, 0.2) is 5.78 Å². The van der Waals surface area contributed by atoms with Gasteiger partial charge in [-0.2, -0.15) is 0 Å². The molecule has 1 aliphatic rings. The zero-order chi connectivity index (χ0) is 19.8. The number of benzene rings is 1. The fraction of sp³-hybridized carbons (Fsp3) is 0.600. The first kappa shape index (κ1) is 21.2. The van der Waals surface area contributed by atoms with Crippen LogP contribution in [0.4, 0.5) is 14.9 Å². The second-order valence-corrected chi connectivity index (χ2v) is 7.25. The zero-order valence-electron chi connectivity index (χ0n) is 16.5. The Hall–Kier alpha value is -2.15. The maximum atomic E-state index is 14.3. The van der Waals surface area contributed by atoms with Gasteiger partial charge in [0.05, 0.1) is 5.69 Å². The molecule has 0 saturated carbocycles. The van der Waals surface area contributed by atoms with E-state index in [1.54, 1.807) is 17.0 Å². The molecule has 150 valence electrons. The first-order chi connectivity index (χ1) is 12.9. The highest BCUT2D eigenvalue weighted by atomic mass is 19.1. The van der Waals surface area contributed by atoms with Crippen molar-refractivity contribution < 1.29 is 18.7 Å². The highest BCUT2D eigenvalue weighted by Crippen LogP contribution is 2.22. The normalized spacial score (nSPS) is 14.6. The predicted octanol–water partition coefficient (Wildman–Crippen LogP) is 2.92. The summed E-state index contributed by atoms with van der Waals surface area (Å²) in [7, 11) is 0. The fourth-order valence-electron chi connectivity index (χ4n) is 2.93. The highest BCUT2D eigenvalue weighted by molar-refractivity contribution is 5.94. The van der Waals surface area contributed by atoms with E-state index < -0.39 is 5.82 Å². The third kappa shape index (κ3) is 6.50. The van der Waals surface area contributed by atoms with Crippen molar-refractivity contribution in [2.24, 2.45) is 5.92 Å². The van der Waals surface area contributed by atoms with Crippen LogP contribution in [0.15, 0.2) is 18.2 Å². The van der Waals surface area contributed by atoms with Crippen molar-refractivity contribution in [3.63, 3.8) is 0 Å². The third-order valence-electron chi connectivity index (χ3n) is 4.45. The van der Waals surface area contributed by atoms with Gasteiger partial charge in [0.1, 0.15) is 5.82 Å². The molecule has 0 bridgehead atoms. The average Bonchev–Trinajstić information content (AvgIpc) is 2.64. The molecule has 1 N–H and O–H groups in total. The van der Waals surface area contributed by atoms with Gasteiger partial charge < -0.3 is 19.9 Å². The Morgan fingerprint density at radius 2 is 1.93 bits per heavy atom. The number of Topliss-reactive ketones (excluding diaryl/α,β-unsaturated/α-hetero) is 1. The summed E-state index contributed by atoms with van der Waals surface area (Å²) in [6, 6.07) is 4.46. The summed E-state index contributed by atoms with van der Waals surface area (Å²) in [5, 5.41) is 2.90. The molecular formula is C20H30FN3O3. The van der Waals surface area contributed by atoms with E-state index in [9.17, 15) is 14.0 Å². The number of nitrogens with zero attached hydrogens (tertiary/aromatic N) is 2. The van der Waals surface area contributed by atoms with Crippen LogP contribution in [0.2, 0.25) is 0 Å². The molecular weight excluding hydrogens is 349 g/mol. The summed E-state index contributed by atoms with van der Waals surface area (Å²) >= 11 is 0. The van der Waals surface area contributed by atoms with Crippen molar-refractivity contribution in [3.05, 3.63) is 29.6 Å². The SMILES string of the molecule is CC(=O)c1ccc(N2CCN(C(=O)NCCCOCC(C)C)CC2)c(F)c1. The maximum Gasteiger partial charge on any atom is 0.317 e. The number of ketones is 1. The molecule has 1 heterocycles. The van der Waals surface area contributed by atoms with Crippen molar-refractivity contribution in [1.82, 2.24) is 10.2 Å². The Kier molecular flexibility index (Phi) is 8.03. The Morgan fingerprint density at radius 1 is 1.22 bits per heavy atom. The lowest BCUT2D eigenvalue weighted by Gasteiger charge is -2.36. The lowest BCUT2D eigenvalue weighted by atomic mass is 10.1. The number of hydrogen-bond acceptors (Lipinski definition) is 4. The van der Waals surface area contributed by atoms with Gasteiger partial charge >= 0.3 is 6.03 Å². The standard InChI is InChI=1S/C20H30FN3O3/c1-15(2)14-27-12-4-7-22-20(26)24-10-8-23(9-11-24)19-6-5-17(16(3)25)13-18(19)21/h5-6,13,15H,4,7-12,14H2,1-3H3,(H,22,26). The number of piperazine rings is 1. The number of ether oxygens (including phenoxy) is 1. The van der Waals surface area contributed by atoms with E-state index in [0.29, 0.717) is 56.5 Å². The number of carbonyl (C=O) groups excluding carboxylic acids is 2. The van der Waals surface area contributed by atoms with E-state index in [1.165, 1.54) is 13.0 Å². The molecule has 27 heavy (non-hydrogen) atoms. The molecule has 0 unspecified atom stereocenters. The molecule has 1 aromatic rings. The summed E-state index contributed by atoms with van der Waals surface area (Å²) in [6.07, 6.45) is 0.784. The number of rotatable bonds is 8. The molecule has 0 atom stereocenters. The Labute approximate surface area is 160 Å². The second kappa shape index (κ2) is 10.3. The Morgan fingerprint density at radius 3 is 2.52 bits per heavy atom. The first-order valence-electron chi connectivity index (χ1n) is 9.54. The van der Waals surface area contributed by atoms with Crippen LogP contribution >= 0.6 is 0 Å². The van der Waals surface area contributed by atoms with Crippen LogP contribution in [0.25, 0.3) is 0 Å². The molecule has 1 aromatic carbocycles. The van der Waals surface area contributed by atoms with Crippen LogP contribution in [0.5, 0.6) is 0 Å². The Balaban J connectivity index is 1.73. The summed E-state index contributed by atoms with van der Waals surface area (Å²) in [4.78, 5) is 27.2. The number of amides is 2. The number of hydrogen-bond donors (Lipinski definition) is 1. The molecule has 0 aromatic heterocycles. The number of carbonyl (C=O) groups is 2. The minimum atomic E-state index is -0.401. The third-order valence-corrected chi connectivity index (χ3v) is 4.45. The molecule has 1 fully saturated rings. The van der Waals surface area contributed by atoms with Crippen LogP contribution < -0.4 is 10.2 Å². The molecule has 2 rings (SSSR count). The quantitative estimate of drug-likeness (QED) is 0.557. The molecule has 0 spiro atoms. The van der Waals surface area contributed by atoms with Crippen LogP contribution in [-0.4, -0.2) is 62.7 Å². The van der Waals surface area contributed by atoms with Gasteiger partial charge in [0, 0.05) is 51.5 Å². The van der Waals surface area contributed by atoms with Crippen LogP contribution in [0, 0.1) is 11.7 Å². The summed E-state index contributed by atoms with van der Waals surface area (Å²) in [5.74, 6) is -0.0436.